The normalized spacial score (nSPS) is 37.0. The third-order valence-corrected chi connectivity index (χ3v) is 5.06. The predicted octanol–water partition coefficient (Wildman–Crippen LogP) is 4.02. The average molecular weight is 253 g/mol. The lowest BCUT2D eigenvalue weighted by Gasteiger charge is -2.38. The van der Waals surface area contributed by atoms with Crippen molar-refractivity contribution in [2.75, 3.05) is 6.61 Å². The van der Waals surface area contributed by atoms with Gasteiger partial charge in [-0.2, -0.15) is 0 Å². The lowest BCUT2D eigenvalue weighted by atomic mass is 9.73. The summed E-state index contributed by atoms with van der Waals surface area (Å²) in [4.78, 5) is 0. The summed E-state index contributed by atoms with van der Waals surface area (Å²) in [5.74, 6) is 0.962. The molecule has 2 heteroatoms. The van der Waals surface area contributed by atoms with E-state index < -0.39 is 0 Å². The van der Waals surface area contributed by atoms with Crippen molar-refractivity contribution in [1.82, 2.24) is 0 Å². The van der Waals surface area contributed by atoms with Crippen LogP contribution in [0.1, 0.15) is 77.6 Å². The third kappa shape index (κ3) is 4.24. The van der Waals surface area contributed by atoms with Gasteiger partial charge in [0, 0.05) is 12.1 Å². The summed E-state index contributed by atoms with van der Waals surface area (Å²) in [7, 11) is 0. The van der Waals surface area contributed by atoms with E-state index in [1.54, 1.807) is 0 Å². The van der Waals surface area contributed by atoms with E-state index in [4.69, 9.17) is 10.5 Å². The van der Waals surface area contributed by atoms with Crippen LogP contribution in [0.3, 0.4) is 0 Å². The zero-order valence-electron chi connectivity index (χ0n) is 12.1. The van der Waals surface area contributed by atoms with Crippen LogP contribution in [0.2, 0.25) is 0 Å². The Kier molecular flexibility index (Phi) is 5.50. The maximum absolute atomic E-state index is 6.57. The molecule has 18 heavy (non-hydrogen) atoms. The fourth-order valence-corrected chi connectivity index (χ4v) is 3.60. The maximum atomic E-state index is 6.57. The van der Waals surface area contributed by atoms with Crippen molar-refractivity contribution in [3.63, 3.8) is 0 Å². The van der Waals surface area contributed by atoms with Crippen LogP contribution in [0.15, 0.2) is 0 Å². The van der Waals surface area contributed by atoms with Crippen molar-refractivity contribution in [2.45, 2.75) is 89.2 Å². The Labute approximate surface area is 113 Å². The lowest BCUT2D eigenvalue weighted by Crippen LogP contribution is -2.43. The second-order valence-corrected chi connectivity index (χ2v) is 6.62. The largest absolute Gasteiger partial charge is 0.378 e. The number of rotatable bonds is 6. The molecular weight excluding hydrogens is 222 g/mol. The molecule has 1 atom stereocenters. The molecule has 0 aromatic carbocycles. The Balaban J connectivity index is 1.66. The highest BCUT2D eigenvalue weighted by atomic mass is 16.5. The van der Waals surface area contributed by atoms with Gasteiger partial charge in [0.2, 0.25) is 0 Å². The Morgan fingerprint density at radius 3 is 2.56 bits per heavy atom. The van der Waals surface area contributed by atoms with Crippen LogP contribution in [0.4, 0.5) is 0 Å². The van der Waals surface area contributed by atoms with E-state index in [0.29, 0.717) is 6.10 Å². The first-order chi connectivity index (χ1) is 8.72. The van der Waals surface area contributed by atoms with Crippen molar-refractivity contribution in [3.8, 4) is 0 Å². The van der Waals surface area contributed by atoms with Gasteiger partial charge in [0.05, 0.1) is 6.10 Å². The van der Waals surface area contributed by atoms with Crippen molar-refractivity contribution < 1.29 is 4.74 Å². The molecule has 0 amide bonds. The first kappa shape index (κ1) is 14.3. The van der Waals surface area contributed by atoms with Crippen LogP contribution >= 0.6 is 0 Å². The van der Waals surface area contributed by atoms with E-state index in [1.807, 2.05) is 0 Å². The molecule has 1 aliphatic heterocycles. The molecular formula is C16H31NO. The molecule has 2 aliphatic rings. The summed E-state index contributed by atoms with van der Waals surface area (Å²) >= 11 is 0. The topological polar surface area (TPSA) is 35.2 Å². The van der Waals surface area contributed by atoms with Crippen molar-refractivity contribution in [3.05, 3.63) is 0 Å². The van der Waals surface area contributed by atoms with Gasteiger partial charge < -0.3 is 10.5 Å². The quantitative estimate of drug-likeness (QED) is 0.776. The molecule has 2 nitrogen and oxygen atoms in total. The molecule has 2 rings (SSSR count). The van der Waals surface area contributed by atoms with Crippen LogP contribution in [-0.4, -0.2) is 18.2 Å². The fraction of sp³-hybridized carbons (Fsp3) is 1.00. The smallest absolute Gasteiger partial charge is 0.0576 e. The fourth-order valence-electron chi connectivity index (χ4n) is 3.60. The monoisotopic (exact) mass is 253 g/mol. The number of nitrogens with two attached hydrogens (primary N) is 1. The zero-order chi connectivity index (χ0) is 12.8. The summed E-state index contributed by atoms with van der Waals surface area (Å²) in [6.07, 6.45) is 14.8. The van der Waals surface area contributed by atoms with E-state index >= 15 is 0 Å². The SMILES string of the molecule is CCCCC1CCC(N)(CCC2CCCO2)CC1. The first-order valence-electron chi connectivity index (χ1n) is 8.12. The summed E-state index contributed by atoms with van der Waals surface area (Å²) < 4.78 is 5.71. The highest BCUT2D eigenvalue weighted by molar-refractivity contribution is 4.90. The van der Waals surface area contributed by atoms with Crippen molar-refractivity contribution in [1.29, 1.82) is 0 Å². The van der Waals surface area contributed by atoms with Gasteiger partial charge in [-0.25, -0.2) is 0 Å². The van der Waals surface area contributed by atoms with Gasteiger partial charge >= 0.3 is 0 Å². The Morgan fingerprint density at radius 1 is 1.17 bits per heavy atom. The summed E-state index contributed by atoms with van der Waals surface area (Å²) in [5, 5.41) is 0. The van der Waals surface area contributed by atoms with Gasteiger partial charge in [-0.3, -0.25) is 0 Å². The third-order valence-electron chi connectivity index (χ3n) is 5.06. The van der Waals surface area contributed by atoms with Crippen LogP contribution in [-0.2, 0) is 4.74 Å². The summed E-state index contributed by atoms with van der Waals surface area (Å²) in [5.41, 5.74) is 6.71. The minimum Gasteiger partial charge on any atom is -0.378 e. The molecule has 1 aliphatic carbocycles. The molecule has 0 bridgehead atoms. The Bertz CT molecular complexity index is 227. The predicted molar refractivity (Wildman–Crippen MR) is 76.6 cm³/mol. The minimum absolute atomic E-state index is 0.134. The lowest BCUT2D eigenvalue weighted by molar-refractivity contribution is 0.0897. The average Bonchev–Trinajstić information content (AvgIpc) is 2.89. The van der Waals surface area contributed by atoms with Crippen LogP contribution < -0.4 is 5.73 Å². The maximum Gasteiger partial charge on any atom is 0.0576 e. The van der Waals surface area contributed by atoms with Gasteiger partial charge in [0.1, 0.15) is 0 Å². The summed E-state index contributed by atoms with van der Waals surface area (Å²) in [6, 6.07) is 0. The number of hydrogen-bond donors (Lipinski definition) is 1. The second-order valence-electron chi connectivity index (χ2n) is 6.62. The van der Waals surface area contributed by atoms with Crippen LogP contribution in [0.5, 0.6) is 0 Å². The number of unbranched alkanes of at least 4 members (excludes halogenated alkanes) is 1. The number of hydrogen-bond acceptors (Lipinski definition) is 2. The highest BCUT2D eigenvalue weighted by Crippen LogP contribution is 2.36. The van der Waals surface area contributed by atoms with E-state index in [9.17, 15) is 0 Å². The molecule has 106 valence electrons. The van der Waals surface area contributed by atoms with Gasteiger partial charge in [0.25, 0.3) is 0 Å². The van der Waals surface area contributed by atoms with Gasteiger partial charge in [-0.05, 0) is 57.3 Å². The standard InChI is InChI=1S/C16H31NO/c1-2-3-5-14-7-10-16(17,11-8-14)12-9-15-6-4-13-18-15/h14-15H,2-13,17H2,1H3. The molecule has 1 heterocycles. The molecule has 0 spiro atoms. The Hall–Kier alpha value is -0.0800. The summed E-state index contributed by atoms with van der Waals surface area (Å²) in [6.45, 7) is 3.26. The second kappa shape index (κ2) is 6.91. The molecule has 2 N–H and O–H groups in total. The van der Waals surface area contributed by atoms with E-state index in [2.05, 4.69) is 6.92 Å². The van der Waals surface area contributed by atoms with Crippen molar-refractivity contribution in [2.24, 2.45) is 11.7 Å². The Morgan fingerprint density at radius 2 is 1.94 bits per heavy atom. The number of ether oxygens (including phenoxy) is 1. The molecule has 1 saturated heterocycles. The molecule has 1 unspecified atom stereocenters. The minimum atomic E-state index is 0.134. The van der Waals surface area contributed by atoms with E-state index in [1.165, 1.54) is 70.6 Å². The van der Waals surface area contributed by atoms with Gasteiger partial charge in [-0.1, -0.05) is 26.2 Å². The molecule has 2 fully saturated rings. The zero-order valence-corrected chi connectivity index (χ0v) is 12.1. The van der Waals surface area contributed by atoms with E-state index in [-0.39, 0.29) is 5.54 Å². The van der Waals surface area contributed by atoms with E-state index in [0.717, 1.165) is 12.5 Å². The van der Waals surface area contributed by atoms with Crippen molar-refractivity contribution >= 4 is 0 Å². The van der Waals surface area contributed by atoms with Crippen LogP contribution in [0.25, 0.3) is 0 Å². The van der Waals surface area contributed by atoms with Crippen LogP contribution in [0, 0.1) is 5.92 Å². The molecule has 0 aromatic heterocycles. The molecule has 1 saturated carbocycles. The highest BCUT2D eigenvalue weighted by Gasteiger charge is 2.32. The van der Waals surface area contributed by atoms with Gasteiger partial charge in [0.15, 0.2) is 0 Å². The first-order valence-corrected chi connectivity index (χ1v) is 8.12. The molecule has 0 aromatic rings. The molecule has 0 radical (unpaired) electrons. The van der Waals surface area contributed by atoms with Gasteiger partial charge in [-0.15, -0.1) is 0 Å².